The number of benzene rings is 2. The summed E-state index contributed by atoms with van der Waals surface area (Å²) in [6.45, 7) is -0.121. The smallest absolute Gasteiger partial charge is 0.387 e. The molecule has 0 aromatic heterocycles. The van der Waals surface area contributed by atoms with Crippen LogP contribution in [-0.4, -0.2) is 60.9 Å². The Balaban J connectivity index is 1.45. The van der Waals surface area contributed by atoms with Gasteiger partial charge >= 0.3 is 6.61 Å². The van der Waals surface area contributed by atoms with Gasteiger partial charge in [-0.15, -0.1) is 0 Å². The number of ether oxygens (including phenoxy) is 1. The lowest BCUT2D eigenvalue weighted by Gasteiger charge is -2.34. The molecule has 29 heavy (non-hydrogen) atoms. The maximum atomic E-state index is 12.6. The molecule has 0 atom stereocenters. The van der Waals surface area contributed by atoms with Crippen molar-refractivity contribution in [1.29, 1.82) is 0 Å². The number of carbonyl (C=O) groups is 2. The monoisotopic (exact) mass is 403 g/mol. The van der Waals surface area contributed by atoms with Crippen LogP contribution in [0.2, 0.25) is 0 Å². The maximum absolute atomic E-state index is 12.6. The molecular formula is C21H23F2N3O3. The van der Waals surface area contributed by atoms with Crippen LogP contribution >= 0.6 is 0 Å². The van der Waals surface area contributed by atoms with Gasteiger partial charge in [0.25, 0.3) is 5.91 Å². The van der Waals surface area contributed by atoms with Crippen molar-refractivity contribution in [1.82, 2.24) is 15.1 Å². The van der Waals surface area contributed by atoms with E-state index in [1.165, 1.54) is 18.2 Å². The number of halogens is 2. The highest BCUT2D eigenvalue weighted by Gasteiger charge is 2.23. The minimum Gasteiger partial charge on any atom is -0.435 e. The number of amides is 2. The van der Waals surface area contributed by atoms with Gasteiger partial charge in [-0.1, -0.05) is 36.4 Å². The first-order valence-electron chi connectivity index (χ1n) is 9.38. The highest BCUT2D eigenvalue weighted by Crippen LogP contribution is 2.18. The molecule has 154 valence electrons. The van der Waals surface area contributed by atoms with Gasteiger partial charge in [-0.25, -0.2) is 0 Å². The minimum absolute atomic E-state index is 0.0421. The lowest BCUT2D eigenvalue weighted by Crippen LogP contribution is -2.51. The van der Waals surface area contributed by atoms with Crippen LogP contribution in [-0.2, 0) is 11.3 Å². The molecule has 2 amide bonds. The Morgan fingerprint density at radius 3 is 2.41 bits per heavy atom. The van der Waals surface area contributed by atoms with E-state index in [4.69, 9.17) is 0 Å². The Hall–Kier alpha value is -3.00. The summed E-state index contributed by atoms with van der Waals surface area (Å²) in [6, 6.07) is 15.5. The first kappa shape index (κ1) is 20.7. The number of rotatable bonds is 7. The van der Waals surface area contributed by atoms with Crippen LogP contribution in [0.4, 0.5) is 8.78 Å². The van der Waals surface area contributed by atoms with E-state index >= 15 is 0 Å². The molecule has 0 aliphatic carbocycles. The van der Waals surface area contributed by atoms with Crippen molar-refractivity contribution >= 4 is 11.8 Å². The van der Waals surface area contributed by atoms with Crippen molar-refractivity contribution in [2.24, 2.45) is 0 Å². The van der Waals surface area contributed by atoms with Crippen LogP contribution < -0.4 is 10.1 Å². The van der Waals surface area contributed by atoms with Crippen molar-refractivity contribution < 1.29 is 23.1 Å². The first-order valence-corrected chi connectivity index (χ1v) is 9.38. The summed E-state index contributed by atoms with van der Waals surface area (Å²) in [4.78, 5) is 28.4. The number of piperazine rings is 1. The molecular weight excluding hydrogens is 380 g/mol. The molecule has 1 heterocycles. The maximum Gasteiger partial charge on any atom is 0.387 e. The lowest BCUT2D eigenvalue weighted by atomic mass is 10.1. The molecule has 1 aliphatic heterocycles. The van der Waals surface area contributed by atoms with E-state index in [1.807, 2.05) is 35.2 Å². The van der Waals surface area contributed by atoms with Crippen molar-refractivity contribution in [2.45, 2.75) is 13.2 Å². The second-order valence-electron chi connectivity index (χ2n) is 6.74. The Labute approximate surface area is 168 Å². The van der Waals surface area contributed by atoms with Crippen LogP contribution in [0.3, 0.4) is 0 Å². The van der Waals surface area contributed by atoms with Gasteiger partial charge in [0.05, 0.1) is 6.54 Å². The molecule has 1 N–H and O–H groups in total. The summed E-state index contributed by atoms with van der Waals surface area (Å²) in [7, 11) is 0. The molecule has 2 aromatic carbocycles. The molecule has 6 nitrogen and oxygen atoms in total. The third-order valence-corrected chi connectivity index (χ3v) is 4.67. The van der Waals surface area contributed by atoms with E-state index in [9.17, 15) is 18.4 Å². The SMILES string of the molecule is O=C(CN1CCN(C(=O)c2cccc(OC(F)F)c2)CC1)NCc1ccccc1. The zero-order valence-corrected chi connectivity index (χ0v) is 15.9. The van der Waals surface area contributed by atoms with Gasteiger partial charge in [0.15, 0.2) is 0 Å². The van der Waals surface area contributed by atoms with E-state index in [0.717, 1.165) is 5.56 Å². The van der Waals surface area contributed by atoms with Gasteiger partial charge < -0.3 is 15.0 Å². The fraction of sp³-hybridized carbons (Fsp3) is 0.333. The van der Waals surface area contributed by atoms with E-state index < -0.39 is 6.61 Å². The normalized spacial score (nSPS) is 14.7. The minimum atomic E-state index is -2.93. The van der Waals surface area contributed by atoms with Gasteiger partial charge in [0.1, 0.15) is 5.75 Å². The van der Waals surface area contributed by atoms with Gasteiger partial charge in [-0.2, -0.15) is 8.78 Å². The molecule has 0 bridgehead atoms. The molecule has 0 spiro atoms. The van der Waals surface area contributed by atoms with Crippen molar-refractivity contribution in [3.63, 3.8) is 0 Å². The molecule has 0 radical (unpaired) electrons. The van der Waals surface area contributed by atoms with Gasteiger partial charge in [-0.3, -0.25) is 14.5 Å². The predicted molar refractivity (Wildman–Crippen MR) is 104 cm³/mol. The fourth-order valence-corrected chi connectivity index (χ4v) is 3.15. The quantitative estimate of drug-likeness (QED) is 0.771. The summed E-state index contributed by atoms with van der Waals surface area (Å²) in [6.07, 6.45) is 0. The Morgan fingerprint density at radius 1 is 1.00 bits per heavy atom. The Morgan fingerprint density at radius 2 is 1.72 bits per heavy atom. The van der Waals surface area contributed by atoms with Gasteiger partial charge in [-0.05, 0) is 23.8 Å². The average molecular weight is 403 g/mol. The highest BCUT2D eigenvalue weighted by molar-refractivity contribution is 5.94. The zero-order valence-electron chi connectivity index (χ0n) is 15.9. The molecule has 1 aliphatic rings. The second-order valence-corrected chi connectivity index (χ2v) is 6.74. The van der Waals surface area contributed by atoms with Crippen LogP contribution in [0.15, 0.2) is 54.6 Å². The lowest BCUT2D eigenvalue weighted by molar-refractivity contribution is -0.122. The van der Waals surface area contributed by atoms with Crippen LogP contribution in [0, 0.1) is 0 Å². The van der Waals surface area contributed by atoms with Gasteiger partial charge in [0.2, 0.25) is 5.91 Å². The summed E-state index contributed by atoms with van der Waals surface area (Å²) < 4.78 is 29.1. The summed E-state index contributed by atoms with van der Waals surface area (Å²) >= 11 is 0. The van der Waals surface area contributed by atoms with Crippen LogP contribution in [0.25, 0.3) is 0 Å². The molecule has 0 unspecified atom stereocenters. The van der Waals surface area contributed by atoms with E-state index in [2.05, 4.69) is 10.1 Å². The first-order chi connectivity index (χ1) is 14.0. The number of alkyl halides is 2. The van der Waals surface area contributed by atoms with Gasteiger partial charge in [0, 0.05) is 38.3 Å². The third kappa shape index (κ3) is 6.25. The molecule has 3 rings (SSSR count). The Kier molecular flexibility index (Phi) is 7.13. The highest BCUT2D eigenvalue weighted by atomic mass is 19.3. The summed E-state index contributed by atoms with van der Waals surface area (Å²) in [5.74, 6) is -0.344. The third-order valence-electron chi connectivity index (χ3n) is 4.67. The van der Waals surface area contributed by atoms with Crippen LogP contribution in [0.1, 0.15) is 15.9 Å². The number of nitrogens with zero attached hydrogens (tertiary/aromatic N) is 2. The predicted octanol–water partition coefficient (Wildman–Crippen LogP) is 2.36. The number of hydrogen-bond donors (Lipinski definition) is 1. The summed E-state index contributed by atoms with van der Waals surface area (Å²) in [5.41, 5.74) is 1.34. The second kappa shape index (κ2) is 9.97. The largest absolute Gasteiger partial charge is 0.435 e. The standard InChI is InChI=1S/C21H23F2N3O3/c22-21(23)29-18-8-4-7-17(13-18)20(28)26-11-9-25(10-12-26)15-19(27)24-14-16-5-2-1-3-6-16/h1-8,13,21H,9-12,14-15H2,(H,24,27). The molecule has 8 heteroatoms. The van der Waals surface area contributed by atoms with E-state index in [0.29, 0.717) is 38.3 Å². The average Bonchev–Trinajstić information content (AvgIpc) is 2.73. The number of carbonyl (C=O) groups excluding carboxylic acids is 2. The number of nitrogens with one attached hydrogen (secondary N) is 1. The number of hydrogen-bond acceptors (Lipinski definition) is 4. The zero-order chi connectivity index (χ0) is 20.6. The van der Waals surface area contributed by atoms with Crippen LogP contribution in [0.5, 0.6) is 5.75 Å². The molecule has 1 fully saturated rings. The van der Waals surface area contributed by atoms with Crippen molar-refractivity contribution in [3.8, 4) is 5.75 Å². The van der Waals surface area contributed by atoms with E-state index in [-0.39, 0.29) is 24.1 Å². The van der Waals surface area contributed by atoms with Crippen molar-refractivity contribution in [3.05, 3.63) is 65.7 Å². The topological polar surface area (TPSA) is 61.9 Å². The molecule has 1 saturated heterocycles. The fourth-order valence-electron chi connectivity index (χ4n) is 3.15. The molecule has 2 aromatic rings. The van der Waals surface area contributed by atoms with E-state index in [1.54, 1.807) is 11.0 Å². The van der Waals surface area contributed by atoms with Crippen molar-refractivity contribution in [2.75, 3.05) is 32.7 Å². The molecule has 0 saturated carbocycles. The summed E-state index contributed by atoms with van der Waals surface area (Å²) in [5, 5.41) is 2.89. The Bertz CT molecular complexity index is 825.